The average molecular weight is 491 g/mol. The Hall–Kier alpha value is -3.68. The van der Waals surface area contributed by atoms with E-state index in [0.717, 1.165) is 27.6 Å². The molecule has 0 spiro atoms. The van der Waals surface area contributed by atoms with Crippen LogP contribution >= 0.6 is 22.9 Å². The Morgan fingerprint density at radius 1 is 1.12 bits per heavy atom. The Labute approximate surface area is 207 Å². The number of carbonyl (C=O) groups excluding carboxylic acids is 1. The summed E-state index contributed by atoms with van der Waals surface area (Å²) in [5.41, 5.74) is 7.76. The van der Waals surface area contributed by atoms with Crippen molar-refractivity contribution in [1.82, 2.24) is 10.4 Å². The van der Waals surface area contributed by atoms with Crippen LogP contribution in [0.3, 0.4) is 0 Å². The highest BCUT2D eigenvalue weighted by molar-refractivity contribution is 7.14. The van der Waals surface area contributed by atoms with Gasteiger partial charge in [0.05, 0.1) is 23.5 Å². The lowest BCUT2D eigenvalue weighted by Crippen LogP contribution is -2.17. The molecule has 1 amide bonds. The molecule has 6 nitrogen and oxygen atoms in total. The summed E-state index contributed by atoms with van der Waals surface area (Å²) in [7, 11) is 0. The Morgan fingerprint density at radius 2 is 1.88 bits per heavy atom. The molecule has 0 atom stereocenters. The van der Waals surface area contributed by atoms with Gasteiger partial charge in [-0.15, -0.1) is 11.3 Å². The molecule has 0 saturated carbocycles. The van der Waals surface area contributed by atoms with Gasteiger partial charge in [-0.1, -0.05) is 41.4 Å². The molecule has 0 bridgehead atoms. The molecule has 34 heavy (non-hydrogen) atoms. The summed E-state index contributed by atoms with van der Waals surface area (Å²) in [6, 6.07) is 20.7. The predicted octanol–water partition coefficient (Wildman–Crippen LogP) is 6.68. The van der Waals surface area contributed by atoms with Gasteiger partial charge in [0.1, 0.15) is 5.75 Å². The minimum Gasteiger partial charge on any atom is -0.492 e. The number of hydrazone groups is 1. The Morgan fingerprint density at radius 3 is 2.59 bits per heavy atom. The number of amides is 1. The number of carbonyl (C=O) groups is 1. The van der Waals surface area contributed by atoms with Crippen molar-refractivity contribution >= 4 is 45.9 Å². The van der Waals surface area contributed by atoms with Gasteiger partial charge in [-0.25, -0.2) is 10.4 Å². The summed E-state index contributed by atoms with van der Waals surface area (Å²) < 4.78 is 5.41. The van der Waals surface area contributed by atoms with E-state index in [2.05, 4.69) is 39.9 Å². The van der Waals surface area contributed by atoms with E-state index in [9.17, 15) is 4.79 Å². The second-order valence-electron chi connectivity index (χ2n) is 7.43. The van der Waals surface area contributed by atoms with Crippen LogP contribution in [-0.2, 0) is 0 Å². The Balaban J connectivity index is 1.35. The molecule has 0 aliphatic carbocycles. The van der Waals surface area contributed by atoms with Crippen LogP contribution in [0.15, 0.2) is 77.2 Å². The number of nitrogens with one attached hydrogen (secondary N) is 2. The second kappa shape index (κ2) is 11.0. The standard InChI is InChI=1S/C26H23ClN4O2S/c1-3-33-24-13-6-18(14-22(24)27)15-28-31-25(32)20-9-7-19(8-10-20)23-16-34-26(30-23)29-21-11-4-17(2)5-12-21/h4-16H,3H2,1-2H3,(H,29,30)(H,31,32)/b28-15-. The van der Waals surface area contributed by atoms with Gasteiger partial charge in [-0.05, 0) is 61.9 Å². The number of aromatic nitrogens is 1. The number of anilines is 2. The summed E-state index contributed by atoms with van der Waals surface area (Å²) >= 11 is 7.71. The van der Waals surface area contributed by atoms with Crippen molar-refractivity contribution in [3.05, 3.63) is 93.8 Å². The van der Waals surface area contributed by atoms with Crippen molar-refractivity contribution in [3.63, 3.8) is 0 Å². The quantitative estimate of drug-likeness (QED) is 0.213. The van der Waals surface area contributed by atoms with Gasteiger partial charge in [0, 0.05) is 22.2 Å². The second-order valence-corrected chi connectivity index (χ2v) is 8.69. The van der Waals surface area contributed by atoms with E-state index in [1.165, 1.54) is 23.1 Å². The number of aryl methyl sites for hydroxylation is 1. The third-order valence-corrected chi connectivity index (χ3v) is 5.94. The van der Waals surface area contributed by atoms with Gasteiger partial charge in [-0.2, -0.15) is 5.10 Å². The molecule has 0 unspecified atom stereocenters. The molecule has 3 aromatic carbocycles. The van der Waals surface area contributed by atoms with E-state index in [1.807, 2.05) is 42.6 Å². The molecule has 0 fully saturated rings. The van der Waals surface area contributed by atoms with Gasteiger partial charge in [-0.3, -0.25) is 4.79 Å². The highest BCUT2D eigenvalue weighted by atomic mass is 35.5. The lowest BCUT2D eigenvalue weighted by atomic mass is 10.1. The minimum absolute atomic E-state index is 0.306. The lowest BCUT2D eigenvalue weighted by Gasteiger charge is -2.05. The number of rotatable bonds is 8. The van der Waals surface area contributed by atoms with Gasteiger partial charge in [0.2, 0.25) is 0 Å². The fourth-order valence-electron chi connectivity index (χ4n) is 3.12. The maximum atomic E-state index is 12.4. The van der Waals surface area contributed by atoms with Crippen LogP contribution in [0.1, 0.15) is 28.4 Å². The van der Waals surface area contributed by atoms with Crippen molar-refractivity contribution in [2.45, 2.75) is 13.8 Å². The van der Waals surface area contributed by atoms with E-state index >= 15 is 0 Å². The van der Waals surface area contributed by atoms with E-state index < -0.39 is 0 Å². The highest BCUT2D eigenvalue weighted by Gasteiger charge is 2.08. The monoisotopic (exact) mass is 490 g/mol. The number of halogens is 1. The highest BCUT2D eigenvalue weighted by Crippen LogP contribution is 2.28. The summed E-state index contributed by atoms with van der Waals surface area (Å²) in [4.78, 5) is 17.1. The molecule has 4 aromatic rings. The number of benzene rings is 3. The first-order valence-electron chi connectivity index (χ1n) is 10.7. The normalized spacial score (nSPS) is 10.9. The van der Waals surface area contributed by atoms with Gasteiger partial charge >= 0.3 is 0 Å². The average Bonchev–Trinajstić information content (AvgIpc) is 3.31. The number of thiazole rings is 1. The zero-order valence-electron chi connectivity index (χ0n) is 18.7. The van der Waals surface area contributed by atoms with Crippen molar-refractivity contribution in [2.75, 3.05) is 11.9 Å². The number of hydrogen-bond acceptors (Lipinski definition) is 6. The number of nitrogens with zero attached hydrogens (tertiary/aromatic N) is 2. The Kier molecular flexibility index (Phi) is 7.57. The van der Waals surface area contributed by atoms with E-state index in [4.69, 9.17) is 16.3 Å². The Bertz CT molecular complexity index is 1300. The van der Waals surface area contributed by atoms with Crippen LogP contribution in [0.2, 0.25) is 5.02 Å². The maximum Gasteiger partial charge on any atom is 0.271 e. The van der Waals surface area contributed by atoms with Gasteiger partial charge in [0.15, 0.2) is 5.13 Å². The van der Waals surface area contributed by atoms with Crippen LogP contribution in [0.25, 0.3) is 11.3 Å². The number of ether oxygens (including phenoxy) is 1. The van der Waals surface area contributed by atoms with Crippen LogP contribution in [0, 0.1) is 6.92 Å². The molecule has 0 radical (unpaired) electrons. The SMILES string of the molecule is CCOc1ccc(/C=N\NC(=O)c2ccc(-c3csc(Nc4ccc(C)cc4)n3)cc2)cc1Cl. The van der Waals surface area contributed by atoms with Gasteiger partial charge in [0.25, 0.3) is 5.91 Å². The first kappa shape index (κ1) is 23.5. The lowest BCUT2D eigenvalue weighted by molar-refractivity contribution is 0.0955. The summed E-state index contributed by atoms with van der Waals surface area (Å²) in [5, 5.41) is 10.6. The van der Waals surface area contributed by atoms with E-state index in [0.29, 0.717) is 22.9 Å². The molecule has 0 saturated heterocycles. The molecular weight excluding hydrogens is 468 g/mol. The maximum absolute atomic E-state index is 12.4. The van der Waals surface area contributed by atoms with Crippen LogP contribution < -0.4 is 15.5 Å². The molecule has 1 aromatic heterocycles. The van der Waals surface area contributed by atoms with Crippen LogP contribution in [-0.4, -0.2) is 23.7 Å². The zero-order valence-corrected chi connectivity index (χ0v) is 20.3. The molecule has 0 aliphatic heterocycles. The molecule has 1 heterocycles. The molecular formula is C26H23ClN4O2S. The van der Waals surface area contributed by atoms with Crippen molar-refractivity contribution in [3.8, 4) is 17.0 Å². The van der Waals surface area contributed by atoms with E-state index in [1.54, 1.807) is 24.3 Å². The first-order valence-corrected chi connectivity index (χ1v) is 11.9. The molecule has 0 aliphatic rings. The topological polar surface area (TPSA) is 75.6 Å². The summed E-state index contributed by atoms with van der Waals surface area (Å²) in [6.07, 6.45) is 1.53. The minimum atomic E-state index is -0.306. The van der Waals surface area contributed by atoms with E-state index in [-0.39, 0.29) is 5.91 Å². The van der Waals surface area contributed by atoms with Crippen molar-refractivity contribution in [1.29, 1.82) is 0 Å². The molecule has 172 valence electrons. The number of hydrogen-bond donors (Lipinski definition) is 2. The summed E-state index contributed by atoms with van der Waals surface area (Å²) in [6.45, 7) is 4.49. The fourth-order valence-corrected chi connectivity index (χ4v) is 4.10. The smallest absolute Gasteiger partial charge is 0.271 e. The van der Waals surface area contributed by atoms with Crippen LogP contribution in [0.4, 0.5) is 10.8 Å². The summed E-state index contributed by atoms with van der Waals surface area (Å²) in [5.74, 6) is 0.309. The third-order valence-electron chi connectivity index (χ3n) is 4.89. The van der Waals surface area contributed by atoms with Crippen molar-refractivity contribution in [2.24, 2.45) is 5.10 Å². The molecule has 8 heteroatoms. The largest absolute Gasteiger partial charge is 0.492 e. The third kappa shape index (κ3) is 6.01. The van der Waals surface area contributed by atoms with Crippen LogP contribution in [0.5, 0.6) is 5.75 Å². The molecule has 2 N–H and O–H groups in total. The fraction of sp³-hybridized carbons (Fsp3) is 0.115. The molecule has 4 rings (SSSR count). The van der Waals surface area contributed by atoms with Crippen molar-refractivity contribution < 1.29 is 9.53 Å². The first-order chi connectivity index (χ1) is 16.5. The van der Waals surface area contributed by atoms with Gasteiger partial charge < -0.3 is 10.1 Å². The predicted molar refractivity (Wildman–Crippen MR) is 140 cm³/mol. The zero-order chi connectivity index (χ0) is 23.9.